The first kappa shape index (κ1) is 42.1. The molecule has 3 unspecified atom stereocenters. The number of unbranched alkanes of at least 4 members (excludes halogenated alkanes) is 16. The maximum Gasteiger partial charge on any atom is 0.312 e. The van der Waals surface area contributed by atoms with Crippen LogP contribution in [0.25, 0.3) is 0 Å². The van der Waals surface area contributed by atoms with E-state index in [9.17, 15) is 29.7 Å². The van der Waals surface area contributed by atoms with Gasteiger partial charge in [-0.25, -0.2) is 0 Å². The van der Waals surface area contributed by atoms with E-state index in [4.69, 9.17) is 0 Å². The predicted molar refractivity (Wildman–Crippen MR) is 182 cm³/mol. The molecule has 44 heavy (non-hydrogen) atoms. The molecule has 0 spiro atoms. The van der Waals surface area contributed by atoms with Gasteiger partial charge >= 0.3 is 17.9 Å². The van der Waals surface area contributed by atoms with Crippen molar-refractivity contribution in [2.45, 2.75) is 163 Å². The van der Waals surface area contributed by atoms with Crippen molar-refractivity contribution in [1.82, 2.24) is 0 Å². The van der Waals surface area contributed by atoms with Gasteiger partial charge in [0.25, 0.3) is 0 Å². The largest absolute Gasteiger partial charge is 0.481 e. The number of quaternary nitrogens is 1. The molecule has 0 aromatic heterocycles. The molecule has 0 aliphatic carbocycles. The quantitative estimate of drug-likeness (QED) is 0.0390. The van der Waals surface area contributed by atoms with Gasteiger partial charge in [-0.05, 0) is 57.8 Å². The smallest absolute Gasteiger partial charge is 0.312 e. The fourth-order valence-corrected chi connectivity index (χ4v) is 6.45. The van der Waals surface area contributed by atoms with Crippen molar-refractivity contribution in [1.29, 1.82) is 0 Å². The molecule has 0 radical (unpaired) electrons. The highest BCUT2D eigenvalue weighted by Crippen LogP contribution is 2.25. The first-order valence-electron chi connectivity index (χ1n) is 18.3. The van der Waals surface area contributed by atoms with Crippen LogP contribution in [0.1, 0.15) is 163 Å². The monoisotopic (exact) mass is 625 g/mol. The number of allylic oxidation sites excluding steroid dienone is 2. The Morgan fingerprint density at radius 1 is 0.477 bits per heavy atom. The van der Waals surface area contributed by atoms with Crippen LogP contribution in [0, 0.1) is 17.8 Å². The van der Waals surface area contributed by atoms with Crippen molar-refractivity contribution >= 4 is 17.9 Å². The molecule has 0 aromatic rings. The Kier molecular flexibility index (Phi) is 26.2. The van der Waals surface area contributed by atoms with Gasteiger partial charge in [-0.3, -0.25) is 14.4 Å². The lowest BCUT2D eigenvalue weighted by molar-refractivity contribution is -0.935. The number of rotatable bonds is 32. The number of carboxylic acids is 3. The molecule has 0 aromatic carbocycles. The van der Waals surface area contributed by atoms with Crippen LogP contribution in [0.4, 0.5) is 0 Å². The second kappa shape index (κ2) is 27.4. The Balaban J connectivity index is 4.58. The minimum absolute atomic E-state index is 0.258. The highest BCUT2D eigenvalue weighted by molar-refractivity contribution is 5.71. The van der Waals surface area contributed by atoms with Gasteiger partial charge in [-0.2, -0.15) is 0 Å². The van der Waals surface area contributed by atoms with E-state index >= 15 is 0 Å². The van der Waals surface area contributed by atoms with Gasteiger partial charge < -0.3 is 19.8 Å². The summed E-state index contributed by atoms with van der Waals surface area (Å²) in [4.78, 5) is 36.0. The second-order valence-corrected chi connectivity index (χ2v) is 13.3. The van der Waals surface area contributed by atoms with E-state index in [1.54, 1.807) is 0 Å². The van der Waals surface area contributed by atoms with Gasteiger partial charge in [0.2, 0.25) is 0 Å². The van der Waals surface area contributed by atoms with Crippen LogP contribution in [0.3, 0.4) is 0 Å². The Hall–Kier alpha value is -1.89. The Morgan fingerprint density at radius 2 is 0.773 bits per heavy atom. The van der Waals surface area contributed by atoms with Gasteiger partial charge in [0, 0.05) is 0 Å². The van der Waals surface area contributed by atoms with Crippen molar-refractivity contribution in [3.8, 4) is 0 Å². The number of carbonyl (C=O) groups is 3. The highest BCUT2D eigenvalue weighted by atomic mass is 16.4. The minimum Gasteiger partial charge on any atom is -0.481 e. The van der Waals surface area contributed by atoms with Crippen LogP contribution in [0.15, 0.2) is 12.2 Å². The third-order valence-corrected chi connectivity index (χ3v) is 9.49. The molecular weight excluding hydrogens is 554 g/mol. The van der Waals surface area contributed by atoms with Crippen LogP contribution < -0.4 is 0 Å². The van der Waals surface area contributed by atoms with Crippen LogP contribution in [0.2, 0.25) is 0 Å². The zero-order chi connectivity index (χ0) is 33.1. The van der Waals surface area contributed by atoms with Gasteiger partial charge in [-0.15, -0.1) is 0 Å². The van der Waals surface area contributed by atoms with E-state index < -0.39 is 35.7 Å². The van der Waals surface area contributed by atoms with Gasteiger partial charge in [0.05, 0.1) is 26.2 Å². The maximum atomic E-state index is 12.0. The molecular formula is C37H70NO6+. The summed E-state index contributed by atoms with van der Waals surface area (Å²) in [5, 5.41) is 29.5. The summed E-state index contributed by atoms with van der Waals surface area (Å²) >= 11 is 0. The first-order chi connectivity index (χ1) is 21.2. The molecule has 7 nitrogen and oxygen atoms in total. The molecule has 0 aliphatic rings. The van der Waals surface area contributed by atoms with Gasteiger partial charge in [-0.1, -0.05) is 117 Å². The van der Waals surface area contributed by atoms with Gasteiger partial charge in [0.1, 0.15) is 17.8 Å². The number of hydrogen-bond acceptors (Lipinski definition) is 3. The summed E-state index contributed by atoms with van der Waals surface area (Å²) in [6.07, 6.45) is 28.5. The second-order valence-electron chi connectivity index (χ2n) is 13.3. The summed E-state index contributed by atoms with van der Waals surface area (Å²) in [6.45, 7) is 9.27. The van der Waals surface area contributed by atoms with Crippen LogP contribution in [-0.4, -0.2) is 63.9 Å². The molecule has 0 heterocycles. The standard InChI is InChI=1S/C37H69NO6/c1-5-9-10-11-12-13-14-15-16-17-18-19-20-21-22-23-24-25-26-27-28-38(29-32(6-2)35(39)40,30-33(7-3)36(41)42)31-34(8-4)37(43)44/h16-17,32-34H,5-15,18-31H2,1-4H3,(H2-,39,40,41,42,43,44)/p+1/b17-16+. The lowest BCUT2D eigenvalue weighted by Crippen LogP contribution is -2.58. The summed E-state index contributed by atoms with van der Waals surface area (Å²) in [5.74, 6) is -4.52. The first-order valence-corrected chi connectivity index (χ1v) is 18.3. The van der Waals surface area contributed by atoms with Crippen molar-refractivity contribution < 1.29 is 34.2 Å². The van der Waals surface area contributed by atoms with Crippen molar-refractivity contribution in [3.63, 3.8) is 0 Å². The average Bonchev–Trinajstić information content (AvgIpc) is 2.99. The topological polar surface area (TPSA) is 112 Å². The lowest BCUT2D eigenvalue weighted by atomic mass is 9.95. The summed E-state index contributed by atoms with van der Waals surface area (Å²) in [5.41, 5.74) is 0. The Morgan fingerprint density at radius 3 is 1.07 bits per heavy atom. The number of hydrogen-bond donors (Lipinski definition) is 3. The van der Waals surface area contributed by atoms with Crippen molar-refractivity contribution in [2.75, 3.05) is 26.2 Å². The zero-order valence-electron chi connectivity index (χ0n) is 29.1. The van der Waals surface area contributed by atoms with Crippen LogP contribution >= 0.6 is 0 Å². The zero-order valence-corrected chi connectivity index (χ0v) is 29.1. The van der Waals surface area contributed by atoms with E-state index in [1.165, 1.54) is 96.3 Å². The van der Waals surface area contributed by atoms with E-state index in [-0.39, 0.29) is 24.1 Å². The lowest BCUT2D eigenvalue weighted by Gasteiger charge is -2.43. The molecule has 0 aliphatic heterocycles. The van der Waals surface area contributed by atoms with Crippen molar-refractivity contribution in [3.05, 3.63) is 12.2 Å². The fourth-order valence-electron chi connectivity index (χ4n) is 6.45. The molecule has 7 heteroatoms. The summed E-state index contributed by atoms with van der Waals surface area (Å²) in [7, 11) is 0. The number of carboxylic acid groups (broad SMARTS) is 3. The van der Waals surface area contributed by atoms with Crippen LogP contribution in [-0.2, 0) is 14.4 Å². The normalized spacial score (nSPS) is 15.2. The molecule has 0 saturated carbocycles. The Bertz CT molecular complexity index is 707. The summed E-state index contributed by atoms with van der Waals surface area (Å²) < 4.78 is 0.258. The Labute approximate surface area is 270 Å². The van der Waals surface area contributed by atoms with Gasteiger partial charge in [0.15, 0.2) is 0 Å². The van der Waals surface area contributed by atoms with E-state index in [0.29, 0.717) is 25.8 Å². The van der Waals surface area contributed by atoms with Crippen molar-refractivity contribution in [2.24, 2.45) is 17.8 Å². The molecule has 0 bridgehead atoms. The maximum absolute atomic E-state index is 12.0. The molecule has 3 N–H and O–H groups in total. The number of nitrogens with zero attached hydrogens (tertiary/aromatic N) is 1. The highest BCUT2D eigenvalue weighted by Gasteiger charge is 2.40. The molecule has 3 atom stereocenters. The molecule has 0 fully saturated rings. The van der Waals surface area contributed by atoms with E-state index in [0.717, 1.165) is 19.3 Å². The molecule has 0 saturated heterocycles. The predicted octanol–water partition coefficient (Wildman–Crippen LogP) is 9.73. The number of aliphatic carboxylic acids is 3. The SMILES string of the molecule is CCCCCCCCC/C=C/CCCCCCCCCCC[N+](CC(CC)C(=O)O)(CC(CC)C(=O)O)CC(CC)C(=O)O. The van der Waals surface area contributed by atoms with E-state index in [1.807, 2.05) is 20.8 Å². The van der Waals surface area contributed by atoms with E-state index in [2.05, 4.69) is 19.1 Å². The minimum atomic E-state index is -0.888. The average molecular weight is 625 g/mol. The fraction of sp³-hybridized carbons (Fsp3) is 0.865. The van der Waals surface area contributed by atoms with Crippen LogP contribution in [0.5, 0.6) is 0 Å². The third-order valence-electron chi connectivity index (χ3n) is 9.49. The summed E-state index contributed by atoms with van der Waals surface area (Å²) in [6, 6.07) is 0. The molecule has 258 valence electrons. The third kappa shape index (κ3) is 21.0. The molecule has 0 rings (SSSR count). The molecule has 0 amide bonds.